The maximum absolute atomic E-state index is 6.53. The van der Waals surface area contributed by atoms with Gasteiger partial charge in [0.2, 0.25) is 0 Å². The number of ether oxygens (including phenoxy) is 2. The van der Waals surface area contributed by atoms with E-state index in [4.69, 9.17) is 32.7 Å². The Bertz CT molecular complexity index is 858. The molecule has 2 atom stereocenters. The van der Waals surface area contributed by atoms with Crippen molar-refractivity contribution in [1.82, 2.24) is 14.8 Å². The smallest absolute Gasteiger partial charge is 0.149 e. The van der Waals surface area contributed by atoms with Crippen LogP contribution in [0.5, 0.6) is 0 Å². The second-order valence-corrected chi connectivity index (χ2v) is 6.67. The van der Waals surface area contributed by atoms with E-state index in [9.17, 15) is 0 Å². The minimum Gasteiger partial charge on any atom is -0.344 e. The first-order chi connectivity index (χ1) is 12.2. The standard InChI is InChI=1S/C18H15Cl2N3O2/c19-14-6-7-15(16(20)8-14)18(9-23-11-21-10-22-23)17(24-12-25-18)13-4-2-1-3-5-13/h1-8,10-11,17H,9,12H2/t17-,18-/m1/s1. The minimum atomic E-state index is -0.837. The lowest BCUT2D eigenvalue weighted by molar-refractivity contribution is -0.0296. The lowest BCUT2D eigenvalue weighted by Crippen LogP contribution is -2.37. The van der Waals surface area contributed by atoms with Gasteiger partial charge in [0.05, 0.1) is 6.54 Å². The van der Waals surface area contributed by atoms with Gasteiger partial charge in [0.25, 0.3) is 0 Å². The summed E-state index contributed by atoms with van der Waals surface area (Å²) in [5.41, 5.74) is 0.975. The highest BCUT2D eigenvalue weighted by atomic mass is 35.5. The second kappa shape index (κ2) is 6.77. The van der Waals surface area contributed by atoms with E-state index in [0.717, 1.165) is 11.1 Å². The fourth-order valence-electron chi connectivity index (χ4n) is 3.23. The third-order valence-electron chi connectivity index (χ3n) is 4.33. The lowest BCUT2D eigenvalue weighted by atomic mass is 9.84. The van der Waals surface area contributed by atoms with E-state index in [2.05, 4.69) is 10.1 Å². The maximum Gasteiger partial charge on any atom is 0.149 e. The predicted molar refractivity (Wildman–Crippen MR) is 94.4 cm³/mol. The number of nitrogens with zero attached hydrogens (tertiary/aromatic N) is 3. The van der Waals surface area contributed by atoms with Gasteiger partial charge in [-0.05, 0) is 17.7 Å². The van der Waals surface area contributed by atoms with Crippen LogP contribution < -0.4 is 0 Å². The van der Waals surface area contributed by atoms with Gasteiger partial charge in [-0.3, -0.25) is 0 Å². The molecule has 0 radical (unpaired) electrons. The molecule has 2 aromatic carbocycles. The summed E-state index contributed by atoms with van der Waals surface area (Å²) in [7, 11) is 0. The number of benzene rings is 2. The van der Waals surface area contributed by atoms with Gasteiger partial charge in [-0.1, -0.05) is 59.6 Å². The van der Waals surface area contributed by atoms with E-state index in [0.29, 0.717) is 16.6 Å². The Hall–Kier alpha value is -1.92. The summed E-state index contributed by atoms with van der Waals surface area (Å²) in [6, 6.07) is 15.3. The van der Waals surface area contributed by atoms with Gasteiger partial charge in [0.15, 0.2) is 0 Å². The largest absolute Gasteiger partial charge is 0.344 e. The van der Waals surface area contributed by atoms with Crippen molar-refractivity contribution < 1.29 is 9.47 Å². The van der Waals surface area contributed by atoms with E-state index < -0.39 is 5.60 Å². The highest BCUT2D eigenvalue weighted by Gasteiger charge is 2.49. The molecule has 25 heavy (non-hydrogen) atoms. The first-order valence-corrected chi connectivity index (χ1v) is 8.53. The Balaban J connectivity index is 1.86. The van der Waals surface area contributed by atoms with Crippen molar-refractivity contribution in [3.05, 3.63) is 82.4 Å². The average molecular weight is 376 g/mol. The maximum atomic E-state index is 6.53. The van der Waals surface area contributed by atoms with Crippen LogP contribution >= 0.6 is 23.2 Å². The molecule has 0 unspecified atom stereocenters. The molecule has 5 nitrogen and oxygen atoms in total. The van der Waals surface area contributed by atoms with Gasteiger partial charge >= 0.3 is 0 Å². The summed E-state index contributed by atoms with van der Waals surface area (Å²) < 4.78 is 13.8. The predicted octanol–water partition coefficient (Wildman–Crippen LogP) is 4.23. The van der Waals surface area contributed by atoms with Crippen LogP contribution in [0.25, 0.3) is 0 Å². The zero-order valence-corrected chi connectivity index (χ0v) is 14.7. The van der Waals surface area contributed by atoms with Crippen LogP contribution in [0.3, 0.4) is 0 Å². The minimum absolute atomic E-state index is 0.160. The topological polar surface area (TPSA) is 49.2 Å². The number of rotatable bonds is 4. The molecule has 1 fully saturated rings. The molecule has 0 spiro atoms. The quantitative estimate of drug-likeness (QED) is 0.684. The SMILES string of the molecule is Clc1ccc([C@@]2(Cn3cncn3)OCO[C@@H]2c2ccccc2)c(Cl)c1. The van der Waals surface area contributed by atoms with E-state index >= 15 is 0 Å². The van der Waals surface area contributed by atoms with E-state index in [1.54, 1.807) is 23.1 Å². The molecule has 1 aliphatic rings. The Labute approximate surface area is 155 Å². The molecule has 0 amide bonds. The van der Waals surface area contributed by atoms with Crippen LogP contribution in [-0.2, 0) is 21.6 Å². The first kappa shape index (κ1) is 16.5. The number of hydrogen-bond donors (Lipinski definition) is 0. The molecular formula is C18H15Cl2N3O2. The van der Waals surface area contributed by atoms with E-state index in [-0.39, 0.29) is 12.9 Å². The molecule has 0 bridgehead atoms. The van der Waals surface area contributed by atoms with Gasteiger partial charge in [0.1, 0.15) is 31.2 Å². The van der Waals surface area contributed by atoms with Crippen molar-refractivity contribution in [3.63, 3.8) is 0 Å². The fourth-order valence-corrected chi connectivity index (χ4v) is 3.80. The molecule has 4 rings (SSSR count). The molecule has 1 saturated heterocycles. The highest BCUT2D eigenvalue weighted by Crippen LogP contribution is 2.49. The summed E-state index contributed by atoms with van der Waals surface area (Å²) in [5, 5.41) is 5.32. The molecule has 0 N–H and O–H groups in total. The van der Waals surface area contributed by atoms with Gasteiger partial charge in [-0.25, -0.2) is 9.67 Å². The summed E-state index contributed by atoms with van der Waals surface area (Å²) >= 11 is 12.6. The monoisotopic (exact) mass is 375 g/mol. The van der Waals surface area contributed by atoms with Gasteiger partial charge < -0.3 is 9.47 Å². The van der Waals surface area contributed by atoms with Gasteiger partial charge in [0, 0.05) is 15.6 Å². The van der Waals surface area contributed by atoms with Crippen molar-refractivity contribution in [2.24, 2.45) is 0 Å². The zero-order valence-electron chi connectivity index (χ0n) is 13.2. The Morgan fingerprint density at radius 2 is 2.00 bits per heavy atom. The second-order valence-electron chi connectivity index (χ2n) is 5.83. The molecule has 0 saturated carbocycles. The van der Waals surface area contributed by atoms with Crippen molar-refractivity contribution in [2.75, 3.05) is 6.79 Å². The number of aromatic nitrogens is 3. The zero-order chi connectivity index (χ0) is 17.3. The molecule has 2 heterocycles. The average Bonchev–Trinajstić information content (AvgIpc) is 3.26. The molecule has 3 aromatic rings. The van der Waals surface area contributed by atoms with E-state index in [1.165, 1.54) is 6.33 Å². The van der Waals surface area contributed by atoms with Crippen molar-refractivity contribution in [2.45, 2.75) is 18.2 Å². The third kappa shape index (κ3) is 3.04. The van der Waals surface area contributed by atoms with Gasteiger partial charge in [-0.15, -0.1) is 0 Å². The third-order valence-corrected chi connectivity index (χ3v) is 4.88. The molecule has 128 valence electrons. The Morgan fingerprint density at radius 3 is 2.72 bits per heavy atom. The van der Waals surface area contributed by atoms with Crippen LogP contribution in [0.1, 0.15) is 17.2 Å². The highest BCUT2D eigenvalue weighted by molar-refractivity contribution is 6.35. The van der Waals surface area contributed by atoms with Crippen molar-refractivity contribution in [3.8, 4) is 0 Å². The summed E-state index contributed by atoms with van der Waals surface area (Å²) in [6.07, 6.45) is 2.80. The Kier molecular flexibility index (Phi) is 4.48. The first-order valence-electron chi connectivity index (χ1n) is 7.77. The van der Waals surface area contributed by atoms with Crippen LogP contribution in [0.4, 0.5) is 0 Å². The summed E-state index contributed by atoms with van der Waals surface area (Å²) in [6.45, 7) is 0.571. The molecule has 7 heteroatoms. The molecule has 0 aliphatic carbocycles. The molecule has 1 aromatic heterocycles. The number of halogens is 2. The van der Waals surface area contributed by atoms with Crippen LogP contribution in [0, 0.1) is 0 Å². The summed E-state index contributed by atoms with van der Waals surface area (Å²) in [4.78, 5) is 4.02. The van der Waals surface area contributed by atoms with Crippen LogP contribution in [0.15, 0.2) is 61.2 Å². The fraction of sp³-hybridized carbons (Fsp3) is 0.222. The number of hydrogen-bond acceptors (Lipinski definition) is 4. The van der Waals surface area contributed by atoms with Crippen molar-refractivity contribution >= 4 is 23.2 Å². The molecular weight excluding hydrogens is 361 g/mol. The van der Waals surface area contributed by atoms with Crippen molar-refractivity contribution in [1.29, 1.82) is 0 Å². The van der Waals surface area contributed by atoms with E-state index in [1.807, 2.05) is 36.4 Å². The normalized spacial score (nSPS) is 23.0. The summed E-state index contributed by atoms with van der Waals surface area (Å²) in [5.74, 6) is 0. The van der Waals surface area contributed by atoms with Crippen LogP contribution in [0.2, 0.25) is 10.0 Å². The van der Waals surface area contributed by atoms with Crippen LogP contribution in [-0.4, -0.2) is 21.6 Å². The Morgan fingerprint density at radius 1 is 1.16 bits per heavy atom. The van der Waals surface area contributed by atoms with Gasteiger partial charge in [-0.2, -0.15) is 5.10 Å². The lowest BCUT2D eigenvalue weighted by Gasteiger charge is -2.34. The molecule has 1 aliphatic heterocycles.